The minimum absolute atomic E-state index is 0.135. The maximum atomic E-state index is 12.6. The van der Waals surface area contributed by atoms with E-state index >= 15 is 0 Å². The molecule has 118 valence electrons. The number of hydrogen-bond donors (Lipinski definition) is 0. The highest BCUT2D eigenvalue weighted by molar-refractivity contribution is 5.77. The van der Waals surface area contributed by atoms with Crippen molar-refractivity contribution in [2.45, 2.75) is 13.5 Å². The molecule has 0 bridgehead atoms. The van der Waals surface area contributed by atoms with E-state index in [-0.39, 0.29) is 18.0 Å². The van der Waals surface area contributed by atoms with Crippen LogP contribution >= 0.6 is 0 Å². The van der Waals surface area contributed by atoms with Crippen LogP contribution in [0, 0.1) is 6.92 Å². The van der Waals surface area contributed by atoms with Crippen molar-refractivity contribution >= 4 is 10.9 Å². The van der Waals surface area contributed by atoms with E-state index in [1.165, 1.54) is 10.8 Å². The van der Waals surface area contributed by atoms with Gasteiger partial charge in [-0.25, -0.2) is 9.97 Å². The molecule has 0 saturated carbocycles. The van der Waals surface area contributed by atoms with E-state index < -0.39 is 0 Å². The van der Waals surface area contributed by atoms with Crippen LogP contribution in [0.1, 0.15) is 11.6 Å². The van der Waals surface area contributed by atoms with E-state index in [2.05, 4.69) is 25.1 Å². The number of hydrogen-bond acceptors (Lipinski definition) is 7. The summed E-state index contributed by atoms with van der Waals surface area (Å²) in [5.41, 5.74) is 1.02. The molecule has 0 N–H and O–H groups in total. The van der Waals surface area contributed by atoms with Crippen molar-refractivity contribution < 1.29 is 4.52 Å². The number of nitrogens with zero attached hydrogens (tertiary/aromatic N) is 6. The van der Waals surface area contributed by atoms with Gasteiger partial charge >= 0.3 is 0 Å². The molecule has 3 aromatic heterocycles. The lowest BCUT2D eigenvalue weighted by molar-refractivity contribution is 0.418. The van der Waals surface area contributed by atoms with Gasteiger partial charge in [0.1, 0.15) is 11.5 Å². The summed E-state index contributed by atoms with van der Waals surface area (Å²) < 4.78 is 6.71. The number of aromatic nitrogens is 6. The van der Waals surface area contributed by atoms with Crippen molar-refractivity contribution in [2.24, 2.45) is 0 Å². The Morgan fingerprint density at radius 1 is 1.17 bits per heavy atom. The lowest BCUT2D eigenvalue weighted by atomic mass is 10.2. The first-order valence-electron chi connectivity index (χ1n) is 7.27. The predicted octanol–water partition coefficient (Wildman–Crippen LogP) is 1.59. The zero-order chi connectivity index (χ0) is 16.5. The molecule has 8 heteroatoms. The maximum Gasteiger partial charge on any atom is 0.278 e. The summed E-state index contributed by atoms with van der Waals surface area (Å²) >= 11 is 0. The van der Waals surface area contributed by atoms with Gasteiger partial charge in [-0.2, -0.15) is 4.98 Å². The molecule has 4 rings (SSSR count). The number of benzene rings is 1. The third-order valence-corrected chi connectivity index (χ3v) is 3.60. The van der Waals surface area contributed by atoms with Crippen LogP contribution in [0.4, 0.5) is 0 Å². The summed E-state index contributed by atoms with van der Waals surface area (Å²) in [6, 6.07) is 7.23. The lowest BCUT2D eigenvalue weighted by Crippen LogP contribution is -2.24. The second-order valence-corrected chi connectivity index (χ2v) is 5.17. The third kappa shape index (κ3) is 2.43. The molecule has 0 unspecified atom stereocenters. The van der Waals surface area contributed by atoms with E-state index in [1.807, 2.05) is 18.2 Å². The molecule has 1 aromatic carbocycles. The van der Waals surface area contributed by atoms with Gasteiger partial charge in [-0.1, -0.05) is 17.3 Å². The van der Waals surface area contributed by atoms with Gasteiger partial charge < -0.3 is 4.52 Å². The fourth-order valence-corrected chi connectivity index (χ4v) is 2.44. The molecule has 8 nitrogen and oxygen atoms in total. The molecule has 0 saturated heterocycles. The van der Waals surface area contributed by atoms with Crippen molar-refractivity contribution in [2.75, 3.05) is 0 Å². The van der Waals surface area contributed by atoms with Crippen LogP contribution in [0.25, 0.3) is 22.5 Å². The van der Waals surface area contributed by atoms with Crippen molar-refractivity contribution in [1.29, 1.82) is 0 Å². The zero-order valence-electron chi connectivity index (χ0n) is 12.7. The van der Waals surface area contributed by atoms with E-state index in [9.17, 15) is 4.79 Å². The SMILES string of the molecule is Cc1nc2ccccc2c(=O)n1Cc1noc(-c2cnccn2)n1. The summed E-state index contributed by atoms with van der Waals surface area (Å²) in [7, 11) is 0. The van der Waals surface area contributed by atoms with Crippen LogP contribution in [-0.2, 0) is 6.54 Å². The monoisotopic (exact) mass is 320 g/mol. The molecule has 0 aliphatic rings. The Labute approximate surface area is 135 Å². The Bertz CT molecular complexity index is 1070. The Kier molecular flexibility index (Phi) is 3.34. The van der Waals surface area contributed by atoms with Gasteiger partial charge in [-0.05, 0) is 19.1 Å². The number of aryl methyl sites for hydroxylation is 1. The molecule has 0 atom stereocenters. The summed E-state index contributed by atoms with van der Waals surface area (Å²) in [6.45, 7) is 1.95. The lowest BCUT2D eigenvalue weighted by Gasteiger charge is -2.08. The molecular formula is C16H12N6O2. The van der Waals surface area contributed by atoms with E-state index in [0.29, 0.717) is 28.2 Å². The highest BCUT2D eigenvalue weighted by Gasteiger charge is 2.13. The molecule has 0 radical (unpaired) electrons. The third-order valence-electron chi connectivity index (χ3n) is 3.60. The zero-order valence-corrected chi connectivity index (χ0v) is 12.7. The highest BCUT2D eigenvalue weighted by atomic mass is 16.5. The van der Waals surface area contributed by atoms with Crippen LogP contribution in [-0.4, -0.2) is 29.7 Å². The van der Waals surface area contributed by atoms with E-state index in [0.717, 1.165) is 0 Å². The molecular weight excluding hydrogens is 308 g/mol. The first kappa shape index (κ1) is 14.2. The Morgan fingerprint density at radius 2 is 2.04 bits per heavy atom. The van der Waals surface area contributed by atoms with Crippen molar-refractivity contribution in [3.63, 3.8) is 0 Å². The second-order valence-electron chi connectivity index (χ2n) is 5.17. The average Bonchev–Trinajstić information content (AvgIpc) is 3.08. The summed E-state index contributed by atoms with van der Waals surface area (Å²) in [5.74, 6) is 1.22. The maximum absolute atomic E-state index is 12.6. The van der Waals surface area contributed by atoms with Gasteiger partial charge in [0, 0.05) is 12.4 Å². The van der Waals surface area contributed by atoms with Crippen molar-refractivity contribution in [3.8, 4) is 11.6 Å². The molecule has 0 aliphatic carbocycles. The normalized spacial score (nSPS) is 11.0. The minimum Gasteiger partial charge on any atom is -0.332 e. The molecule has 4 aromatic rings. The van der Waals surface area contributed by atoms with Crippen LogP contribution in [0.5, 0.6) is 0 Å². The Morgan fingerprint density at radius 3 is 2.88 bits per heavy atom. The molecule has 0 amide bonds. The predicted molar refractivity (Wildman–Crippen MR) is 85.2 cm³/mol. The summed E-state index contributed by atoms with van der Waals surface area (Å²) in [6.07, 6.45) is 4.64. The van der Waals surface area contributed by atoms with E-state index in [1.54, 1.807) is 25.4 Å². The smallest absolute Gasteiger partial charge is 0.278 e. The average molecular weight is 320 g/mol. The van der Waals surface area contributed by atoms with Gasteiger partial charge in [0.2, 0.25) is 0 Å². The quantitative estimate of drug-likeness (QED) is 0.565. The molecule has 0 aliphatic heterocycles. The van der Waals surface area contributed by atoms with E-state index in [4.69, 9.17) is 4.52 Å². The van der Waals surface area contributed by atoms with Crippen molar-refractivity contribution in [3.05, 3.63) is 64.9 Å². The van der Waals surface area contributed by atoms with Crippen LogP contribution in [0.15, 0.2) is 52.2 Å². The molecule has 0 fully saturated rings. The Balaban J connectivity index is 1.73. The van der Waals surface area contributed by atoms with Crippen LogP contribution < -0.4 is 5.56 Å². The van der Waals surface area contributed by atoms with Gasteiger partial charge in [0.05, 0.1) is 23.6 Å². The largest absolute Gasteiger partial charge is 0.332 e. The first-order valence-corrected chi connectivity index (χ1v) is 7.27. The molecule has 0 spiro atoms. The van der Waals surface area contributed by atoms with Crippen molar-refractivity contribution in [1.82, 2.24) is 29.7 Å². The fraction of sp³-hybridized carbons (Fsp3) is 0.125. The van der Waals surface area contributed by atoms with Crippen LogP contribution in [0.2, 0.25) is 0 Å². The van der Waals surface area contributed by atoms with Gasteiger partial charge in [0.25, 0.3) is 11.4 Å². The summed E-state index contributed by atoms with van der Waals surface area (Å²) in [5, 5.41) is 4.46. The minimum atomic E-state index is -0.135. The summed E-state index contributed by atoms with van der Waals surface area (Å²) in [4.78, 5) is 29.4. The fourth-order valence-electron chi connectivity index (χ4n) is 2.44. The van der Waals surface area contributed by atoms with Gasteiger partial charge in [-0.3, -0.25) is 14.3 Å². The second kappa shape index (κ2) is 5.65. The topological polar surface area (TPSA) is 99.6 Å². The molecule has 3 heterocycles. The van der Waals surface area contributed by atoms with Gasteiger partial charge in [-0.15, -0.1) is 0 Å². The Hall–Kier alpha value is -3.42. The number of para-hydroxylation sites is 1. The number of rotatable bonds is 3. The first-order chi connectivity index (χ1) is 11.7. The highest BCUT2D eigenvalue weighted by Crippen LogP contribution is 2.13. The standard InChI is InChI=1S/C16H12N6O2/c1-10-19-12-5-3-2-4-11(12)16(23)22(10)9-14-20-15(24-21-14)13-8-17-6-7-18-13/h2-8H,9H2,1H3. The van der Waals surface area contributed by atoms with Gasteiger partial charge in [0.15, 0.2) is 5.82 Å². The molecule has 24 heavy (non-hydrogen) atoms. The van der Waals surface area contributed by atoms with Crippen LogP contribution in [0.3, 0.4) is 0 Å². The number of fused-ring (bicyclic) bond motifs is 1.